The largest absolute Gasteiger partial charge is 0.381 e. The molecule has 1 amide bonds. The number of aromatic amines is 1. The van der Waals surface area contributed by atoms with E-state index in [1.54, 1.807) is 10.5 Å². The fraction of sp³-hybridized carbons (Fsp3) is 0.500. The number of nitrogens with zero attached hydrogens (tertiary/aromatic N) is 2. The molecule has 2 fully saturated rings. The zero-order valence-corrected chi connectivity index (χ0v) is 14.7. The summed E-state index contributed by atoms with van der Waals surface area (Å²) in [7, 11) is -3.19. The van der Waals surface area contributed by atoms with Crippen molar-refractivity contribution in [1.82, 2.24) is 14.3 Å². The molecule has 4 N–H and O–H groups in total. The van der Waals surface area contributed by atoms with Crippen LogP contribution in [0.5, 0.6) is 0 Å². The zero-order valence-electron chi connectivity index (χ0n) is 13.9. The number of sulfonamides is 1. The lowest BCUT2D eigenvalue weighted by molar-refractivity contribution is 0.100. The van der Waals surface area contributed by atoms with Gasteiger partial charge < -0.3 is 16.0 Å². The van der Waals surface area contributed by atoms with Crippen LogP contribution in [0.1, 0.15) is 36.0 Å². The van der Waals surface area contributed by atoms with E-state index in [0.29, 0.717) is 16.9 Å². The minimum Gasteiger partial charge on any atom is -0.381 e. The van der Waals surface area contributed by atoms with Crippen molar-refractivity contribution in [1.29, 1.82) is 0 Å². The van der Waals surface area contributed by atoms with Crippen LogP contribution in [0, 0.1) is 0 Å². The molecule has 8 nitrogen and oxygen atoms in total. The average molecular weight is 363 g/mol. The molecule has 2 atom stereocenters. The Labute approximate surface area is 145 Å². The van der Waals surface area contributed by atoms with Crippen molar-refractivity contribution in [3.05, 3.63) is 24.0 Å². The summed E-state index contributed by atoms with van der Waals surface area (Å²) in [6, 6.07) is 1.99. The summed E-state index contributed by atoms with van der Waals surface area (Å²) in [6.07, 6.45) is 7.73. The highest BCUT2D eigenvalue weighted by Crippen LogP contribution is 2.39. The van der Waals surface area contributed by atoms with Gasteiger partial charge in [-0.25, -0.2) is 13.4 Å². The molecule has 2 aliphatic rings. The van der Waals surface area contributed by atoms with Gasteiger partial charge in [-0.05, 0) is 31.7 Å². The molecule has 4 rings (SSSR count). The Morgan fingerprint density at radius 2 is 2.04 bits per heavy atom. The number of amides is 1. The van der Waals surface area contributed by atoms with Gasteiger partial charge >= 0.3 is 0 Å². The highest BCUT2D eigenvalue weighted by Gasteiger charge is 2.45. The number of fused-ring (bicyclic) bond motifs is 3. The summed E-state index contributed by atoms with van der Waals surface area (Å²) in [5, 5.41) is 4.26. The standard InChI is InChI=1S/C16H21N5O3S/c1-25(23,24)21-10-2-3-11(21)7-9(6-10)20-14-12-4-5-18-16(12)19-8-13(14)15(17)22/h4-5,8-11H,2-3,6-7H2,1H3,(H2,17,22)(H2,18,19,20)/t10-,11-/m0/s1. The van der Waals surface area contributed by atoms with Crippen molar-refractivity contribution < 1.29 is 13.2 Å². The molecule has 2 bridgehead atoms. The molecule has 4 heterocycles. The maximum atomic E-state index is 12.0. The Morgan fingerprint density at radius 1 is 1.36 bits per heavy atom. The lowest BCUT2D eigenvalue weighted by Crippen LogP contribution is -2.49. The Bertz CT molecular complexity index is 924. The van der Waals surface area contributed by atoms with Crippen LogP contribution in [0.25, 0.3) is 11.0 Å². The third-order valence-electron chi connectivity index (χ3n) is 5.25. The smallest absolute Gasteiger partial charge is 0.252 e. The van der Waals surface area contributed by atoms with Crippen molar-refractivity contribution >= 4 is 32.7 Å². The summed E-state index contributed by atoms with van der Waals surface area (Å²) >= 11 is 0. The van der Waals surface area contributed by atoms with Crippen molar-refractivity contribution in [2.45, 2.75) is 43.8 Å². The number of nitrogens with two attached hydrogens (primary N) is 1. The van der Waals surface area contributed by atoms with Gasteiger partial charge in [0, 0.05) is 35.9 Å². The maximum Gasteiger partial charge on any atom is 0.252 e. The number of anilines is 1. The first-order chi connectivity index (χ1) is 11.8. The Morgan fingerprint density at radius 3 is 2.64 bits per heavy atom. The first-order valence-electron chi connectivity index (χ1n) is 8.35. The van der Waals surface area contributed by atoms with Gasteiger partial charge in [0.2, 0.25) is 10.0 Å². The van der Waals surface area contributed by atoms with E-state index in [2.05, 4.69) is 15.3 Å². The molecular weight excluding hydrogens is 342 g/mol. The van der Waals surface area contributed by atoms with Crippen LogP contribution in [0.4, 0.5) is 5.69 Å². The number of rotatable bonds is 4. The number of primary amides is 1. The second-order valence-electron chi connectivity index (χ2n) is 6.94. The predicted octanol–water partition coefficient (Wildman–Crippen LogP) is 1.03. The Kier molecular flexibility index (Phi) is 3.73. The molecule has 0 aliphatic carbocycles. The summed E-state index contributed by atoms with van der Waals surface area (Å²) in [4.78, 5) is 19.0. The molecule has 134 valence electrons. The molecule has 0 spiro atoms. The minimum atomic E-state index is -3.19. The first-order valence-corrected chi connectivity index (χ1v) is 10.2. The van der Waals surface area contributed by atoms with Gasteiger partial charge in [0.15, 0.2) is 0 Å². The number of carbonyl (C=O) groups excluding carboxylic acids is 1. The topological polar surface area (TPSA) is 121 Å². The molecule has 0 unspecified atom stereocenters. The number of hydrogen-bond donors (Lipinski definition) is 3. The number of nitrogens with one attached hydrogen (secondary N) is 2. The zero-order chi connectivity index (χ0) is 17.8. The van der Waals surface area contributed by atoms with E-state index in [1.807, 2.05) is 6.07 Å². The number of aromatic nitrogens is 2. The summed E-state index contributed by atoms with van der Waals surface area (Å²) < 4.78 is 25.7. The number of hydrogen-bond acceptors (Lipinski definition) is 5. The molecule has 2 saturated heterocycles. The molecule has 2 aromatic rings. The lowest BCUT2D eigenvalue weighted by Gasteiger charge is -2.38. The van der Waals surface area contributed by atoms with Crippen LogP contribution in [-0.4, -0.2) is 53.0 Å². The van der Waals surface area contributed by atoms with Crippen molar-refractivity contribution in [3.8, 4) is 0 Å². The average Bonchev–Trinajstić information content (AvgIpc) is 3.10. The normalized spacial score (nSPS) is 26.8. The van der Waals surface area contributed by atoms with Crippen molar-refractivity contribution in [2.75, 3.05) is 11.6 Å². The molecule has 2 aliphatic heterocycles. The SMILES string of the molecule is CS(=O)(=O)N1[C@H]2CC[C@H]1CC(Nc1c(C(N)=O)cnc3[nH]ccc13)C2. The fourth-order valence-electron chi connectivity index (χ4n) is 4.35. The van der Waals surface area contributed by atoms with Crippen LogP contribution in [-0.2, 0) is 10.0 Å². The van der Waals surface area contributed by atoms with Crippen molar-refractivity contribution in [3.63, 3.8) is 0 Å². The van der Waals surface area contributed by atoms with Gasteiger partial charge in [-0.3, -0.25) is 4.79 Å². The van der Waals surface area contributed by atoms with Gasteiger partial charge in [-0.1, -0.05) is 0 Å². The summed E-state index contributed by atoms with van der Waals surface area (Å²) in [5.41, 5.74) is 7.22. The van der Waals surface area contributed by atoms with Gasteiger partial charge in [0.25, 0.3) is 5.91 Å². The van der Waals surface area contributed by atoms with E-state index in [-0.39, 0.29) is 18.1 Å². The molecule has 2 aromatic heterocycles. The highest BCUT2D eigenvalue weighted by molar-refractivity contribution is 7.88. The van der Waals surface area contributed by atoms with E-state index < -0.39 is 15.9 Å². The van der Waals surface area contributed by atoms with E-state index >= 15 is 0 Å². The number of H-pyrrole nitrogens is 1. The monoisotopic (exact) mass is 363 g/mol. The quantitative estimate of drug-likeness (QED) is 0.749. The van der Waals surface area contributed by atoms with Gasteiger partial charge in [0.1, 0.15) is 5.65 Å². The van der Waals surface area contributed by atoms with Crippen molar-refractivity contribution in [2.24, 2.45) is 5.73 Å². The molecule has 25 heavy (non-hydrogen) atoms. The third kappa shape index (κ3) is 2.77. The van der Waals surface area contributed by atoms with E-state index in [4.69, 9.17) is 5.73 Å². The molecular formula is C16H21N5O3S. The fourth-order valence-corrected chi connectivity index (χ4v) is 5.81. The minimum absolute atomic E-state index is 0.0202. The summed E-state index contributed by atoms with van der Waals surface area (Å²) in [5.74, 6) is -0.533. The summed E-state index contributed by atoms with van der Waals surface area (Å²) in [6.45, 7) is 0. The highest BCUT2D eigenvalue weighted by atomic mass is 32.2. The third-order valence-corrected chi connectivity index (χ3v) is 6.61. The molecule has 0 radical (unpaired) electrons. The van der Waals surface area contributed by atoms with E-state index in [1.165, 1.54) is 12.5 Å². The van der Waals surface area contributed by atoms with Gasteiger partial charge in [-0.15, -0.1) is 0 Å². The number of piperidine rings is 1. The molecule has 9 heteroatoms. The van der Waals surface area contributed by atoms with Crippen LogP contribution >= 0.6 is 0 Å². The predicted molar refractivity (Wildman–Crippen MR) is 94.7 cm³/mol. The number of carbonyl (C=O) groups is 1. The Hall–Kier alpha value is -2.13. The van der Waals surface area contributed by atoms with Gasteiger partial charge in [-0.2, -0.15) is 4.31 Å². The molecule has 0 saturated carbocycles. The van der Waals surface area contributed by atoms with Gasteiger partial charge in [0.05, 0.1) is 17.5 Å². The lowest BCUT2D eigenvalue weighted by atomic mass is 9.98. The van der Waals surface area contributed by atoms with Crippen LogP contribution in [0.15, 0.2) is 18.5 Å². The van der Waals surface area contributed by atoms with E-state index in [0.717, 1.165) is 31.1 Å². The Balaban J connectivity index is 1.64. The second-order valence-corrected chi connectivity index (χ2v) is 8.83. The maximum absolute atomic E-state index is 12.0. The molecule has 0 aromatic carbocycles. The van der Waals surface area contributed by atoms with E-state index in [9.17, 15) is 13.2 Å². The van der Waals surface area contributed by atoms with Crippen LogP contribution < -0.4 is 11.1 Å². The second kappa shape index (κ2) is 5.70. The first kappa shape index (κ1) is 16.3. The van der Waals surface area contributed by atoms with Crippen LogP contribution in [0.3, 0.4) is 0 Å². The number of pyridine rings is 1. The van der Waals surface area contributed by atoms with Crippen LogP contribution in [0.2, 0.25) is 0 Å².